The molecule has 1 amide bonds. The molecule has 1 saturated heterocycles. The predicted octanol–water partition coefficient (Wildman–Crippen LogP) is 5.08. The van der Waals surface area contributed by atoms with E-state index in [1.807, 2.05) is 19.1 Å². The second kappa shape index (κ2) is 9.90. The molecule has 3 aromatic rings. The Morgan fingerprint density at radius 2 is 1.45 bits per heavy atom. The van der Waals surface area contributed by atoms with Crippen molar-refractivity contribution in [2.45, 2.75) is 38.0 Å². The van der Waals surface area contributed by atoms with E-state index >= 15 is 0 Å². The minimum Gasteiger partial charge on any atom is -0.478 e. The van der Waals surface area contributed by atoms with Crippen LogP contribution in [0.4, 0.5) is 5.69 Å². The molecule has 1 fully saturated rings. The first-order chi connectivity index (χ1) is 16.0. The minimum absolute atomic E-state index is 0.183. The number of aromatic carboxylic acids is 1. The summed E-state index contributed by atoms with van der Waals surface area (Å²) >= 11 is 0. The van der Waals surface area contributed by atoms with Crippen molar-refractivity contribution in [2.24, 2.45) is 5.73 Å². The Morgan fingerprint density at radius 1 is 0.848 bits per heavy atom. The molecule has 5 heteroatoms. The predicted molar refractivity (Wildman–Crippen MR) is 131 cm³/mol. The molecule has 0 bridgehead atoms. The molecule has 3 aromatic carbocycles. The second-order valence-electron chi connectivity index (χ2n) is 8.80. The number of para-hydroxylation sites is 1. The molecule has 0 saturated carbocycles. The number of aryl methyl sites for hydroxylation is 1. The molecule has 5 nitrogen and oxygen atoms in total. The summed E-state index contributed by atoms with van der Waals surface area (Å²) in [6.07, 6.45) is 3.54. The molecular formula is C28H30N2O3. The van der Waals surface area contributed by atoms with Crippen LogP contribution in [0.5, 0.6) is 0 Å². The van der Waals surface area contributed by atoms with E-state index in [4.69, 9.17) is 5.73 Å². The number of carbonyl (C=O) groups is 2. The van der Waals surface area contributed by atoms with Crippen molar-refractivity contribution < 1.29 is 14.7 Å². The highest BCUT2D eigenvalue weighted by atomic mass is 16.4. The SMILES string of the molecule is Cc1ccc(C(c2ccccc2N2CCCCC2)C(C(N)=O)c2ccc(C(=O)O)cc2)cc1. The number of hydrogen-bond donors (Lipinski definition) is 2. The van der Waals surface area contributed by atoms with Gasteiger partial charge in [0.05, 0.1) is 11.5 Å². The maximum Gasteiger partial charge on any atom is 0.335 e. The fourth-order valence-electron chi connectivity index (χ4n) is 4.85. The van der Waals surface area contributed by atoms with Crippen molar-refractivity contribution in [1.82, 2.24) is 0 Å². The number of primary amides is 1. The molecule has 0 spiro atoms. The van der Waals surface area contributed by atoms with Gasteiger partial charge >= 0.3 is 5.97 Å². The summed E-state index contributed by atoms with van der Waals surface area (Å²) in [7, 11) is 0. The van der Waals surface area contributed by atoms with Crippen molar-refractivity contribution in [1.29, 1.82) is 0 Å². The van der Waals surface area contributed by atoms with Crippen LogP contribution in [0.15, 0.2) is 72.8 Å². The third-order valence-electron chi connectivity index (χ3n) is 6.56. The van der Waals surface area contributed by atoms with E-state index in [9.17, 15) is 14.7 Å². The molecular weight excluding hydrogens is 412 g/mol. The summed E-state index contributed by atoms with van der Waals surface area (Å²) in [5.41, 5.74) is 11.3. The lowest BCUT2D eigenvalue weighted by atomic mass is 9.75. The van der Waals surface area contributed by atoms with Crippen LogP contribution in [0, 0.1) is 6.92 Å². The summed E-state index contributed by atoms with van der Waals surface area (Å²) in [6, 6.07) is 23.0. The first-order valence-corrected chi connectivity index (χ1v) is 11.5. The summed E-state index contributed by atoms with van der Waals surface area (Å²) in [5, 5.41) is 9.30. The zero-order valence-corrected chi connectivity index (χ0v) is 18.9. The van der Waals surface area contributed by atoms with Gasteiger partial charge in [0.25, 0.3) is 0 Å². The second-order valence-corrected chi connectivity index (χ2v) is 8.80. The lowest BCUT2D eigenvalue weighted by Gasteiger charge is -2.34. The van der Waals surface area contributed by atoms with Gasteiger partial charge in [-0.1, -0.05) is 60.2 Å². The largest absolute Gasteiger partial charge is 0.478 e. The lowest BCUT2D eigenvalue weighted by Crippen LogP contribution is -2.32. The standard InChI is InChI=1S/C28H30N2O3/c1-19-9-11-20(12-10-19)25(23-7-3-4-8-24(23)30-17-5-2-6-18-30)26(27(29)31)21-13-15-22(16-14-21)28(32)33/h3-4,7-16,25-26H,2,5-6,17-18H2,1H3,(H2,29,31)(H,32,33). The number of piperidine rings is 1. The number of nitrogens with two attached hydrogens (primary N) is 1. The van der Waals surface area contributed by atoms with E-state index < -0.39 is 17.8 Å². The average Bonchev–Trinajstić information content (AvgIpc) is 2.84. The third-order valence-corrected chi connectivity index (χ3v) is 6.56. The smallest absolute Gasteiger partial charge is 0.335 e. The average molecular weight is 443 g/mol. The molecule has 0 radical (unpaired) electrons. The van der Waals surface area contributed by atoms with Crippen molar-refractivity contribution in [3.05, 3.63) is 101 Å². The van der Waals surface area contributed by atoms with Crippen LogP contribution >= 0.6 is 0 Å². The van der Waals surface area contributed by atoms with Crippen molar-refractivity contribution in [3.8, 4) is 0 Å². The Balaban J connectivity index is 1.87. The van der Waals surface area contributed by atoms with Crippen LogP contribution < -0.4 is 10.6 Å². The van der Waals surface area contributed by atoms with Crippen LogP contribution in [0.2, 0.25) is 0 Å². The van der Waals surface area contributed by atoms with Gasteiger partial charge in [0.2, 0.25) is 5.91 Å². The van der Waals surface area contributed by atoms with Crippen LogP contribution in [-0.2, 0) is 4.79 Å². The van der Waals surface area contributed by atoms with Crippen LogP contribution in [0.1, 0.15) is 63.7 Å². The van der Waals surface area contributed by atoms with Crippen molar-refractivity contribution in [3.63, 3.8) is 0 Å². The van der Waals surface area contributed by atoms with Crippen LogP contribution in [0.25, 0.3) is 0 Å². The van der Waals surface area contributed by atoms with Gasteiger partial charge in [-0.15, -0.1) is 0 Å². The number of anilines is 1. The Kier molecular flexibility index (Phi) is 6.78. The first-order valence-electron chi connectivity index (χ1n) is 11.5. The first kappa shape index (κ1) is 22.6. The molecule has 4 rings (SSSR count). The summed E-state index contributed by atoms with van der Waals surface area (Å²) < 4.78 is 0. The normalized spacial score (nSPS) is 15.6. The molecule has 1 aliphatic heterocycles. The number of carbonyl (C=O) groups excluding carboxylic acids is 1. The molecule has 0 aromatic heterocycles. The highest BCUT2D eigenvalue weighted by molar-refractivity contribution is 5.88. The number of rotatable bonds is 7. The van der Waals surface area contributed by atoms with Gasteiger partial charge in [0.1, 0.15) is 0 Å². The fourth-order valence-corrected chi connectivity index (χ4v) is 4.85. The number of hydrogen-bond acceptors (Lipinski definition) is 3. The summed E-state index contributed by atoms with van der Waals surface area (Å²) in [5.74, 6) is -2.36. The molecule has 1 heterocycles. The Bertz CT molecular complexity index is 1120. The quantitative estimate of drug-likeness (QED) is 0.534. The van der Waals surface area contributed by atoms with Gasteiger partial charge in [0, 0.05) is 24.7 Å². The number of carboxylic acid groups (broad SMARTS) is 1. The maximum absolute atomic E-state index is 13.0. The molecule has 33 heavy (non-hydrogen) atoms. The highest BCUT2D eigenvalue weighted by Crippen LogP contribution is 2.43. The van der Waals surface area contributed by atoms with E-state index in [1.165, 1.54) is 18.6 Å². The van der Waals surface area contributed by atoms with Crippen molar-refractivity contribution in [2.75, 3.05) is 18.0 Å². The topological polar surface area (TPSA) is 83.6 Å². The zero-order chi connectivity index (χ0) is 23.4. The number of nitrogens with zero attached hydrogens (tertiary/aromatic N) is 1. The van der Waals surface area contributed by atoms with E-state index in [0.717, 1.165) is 48.3 Å². The molecule has 2 unspecified atom stereocenters. The maximum atomic E-state index is 13.0. The van der Waals surface area contributed by atoms with E-state index in [1.54, 1.807) is 12.1 Å². The van der Waals surface area contributed by atoms with Crippen LogP contribution in [-0.4, -0.2) is 30.1 Å². The lowest BCUT2D eigenvalue weighted by molar-refractivity contribution is -0.119. The number of amides is 1. The Hall–Kier alpha value is -3.60. The molecule has 3 N–H and O–H groups in total. The Labute approximate surface area is 194 Å². The monoisotopic (exact) mass is 442 g/mol. The minimum atomic E-state index is -0.997. The van der Waals surface area contributed by atoms with E-state index in [-0.39, 0.29) is 11.5 Å². The molecule has 2 atom stereocenters. The molecule has 1 aliphatic rings. The van der Waals surface area contributed by atoms with Gasteiger partial charge in [-0.25, -0.2) is 4.79 Å². The van der Waals surface area contributed by atoms with Crippen LogP contribution in [0.3, 0.4) is 0 Å². The van der Waals surface area contributed by atoms with Gasteiger partial charge in [-0.05, 0) is 61.1 Å². The molecule has 0 aliphatic carbocycles. The molecule has 170 valence electrons. The van der Waals surface area contributed by atoms with E-state index in [2.05, 4.69) is 41.3 Å². The van der Waals surface area contributed by atoms with E-state index in [0.29, 0.717) is 5.56 Å². The third kappa shape index (κ3) is 4.92. The summed E-state index contributed by atoms with van der Waals surface area (Å²) in [4.78, 5) is 26.7. The van der Waals surface area contributed by atoms with Gasteiger partial charge in [0.15, 0.2) is 0 Å². The number of carboxylic acids is 1. The highest BCUT2D eigenvalue weighted by Gasteiger charge is 2.33. The zero-order valence-electron chi connectivity index (χ0n) is 18.9. The van der Waals surface area contributed by atoms with Gasteiger partial charge in [-0.2, -0.15) is 0 Å². The van der Waals surface area contributed by atoms with Gasteiger partial charge < -0.3 is 15.7 Å². The fraction of sp³-hybridized carbons (Fsp3) is 0.286. The Morgan fingerprint density at radius 3 is 2.06 bits per heavy atom. The van der Waals surface area contributed by atoms with Gasteiger partial charge in [-0.3, -0.25) is 4.79 Å². The number of benzene rings is 3. The summed E-state index contributed by atoms with van der Waals surface area (Å²) in [6.45, 7) is 4.02. The van der Waals surface area contributed by atoms with Crippen molar-refractivity contribution >= 4 is 17.6 Å².